The van der Waals surface area contributed by atoms with Crippen LogP contribution in [0.5, 0.6) is 0 Å². The highest BCUT2D eigenvalue weighted by Gasteiger charge is 2.23. The van der Waals surface area contributed by atoms with Crippen LogP contribution in [0.1, 0.15) is 46.0 Å². The molecule has 2 unspecified atom stereocenters. The maximum absolute atomic E-state index is 11.9. The minimum Gasteiger partial charge on any atom is -0.382 e. The van der Waals surface area contributed by atoms with Crippen molar-refractivity contribution in [2.45, 2.75) is 56.9 Å². The molecule has 118 valence electrons. The van der Waals surface area contributed by atoms with Gasteiger partial charge in [0.05, 0.1) is 4.90 Å². The molecule has 0 bridgehead atoms. The lowest BCUT2D eigenvalue weighted by Crippen LogP contribution is -2.31. The first-order valence-electron chi connectivity index (χ1n) is 7.93. The van der Waals surface area contributed by atoms with E-state index in [1.165, 1.54) is 32.1 Å². The molecule has 5 heteroatoms. The average Bonchev–Trinajstić information content (AvgIpc) is 2.48. The lowest BCUT2D eigenvalue weighted by Gasteiger charge is -2.32. The van der Waals surface area contributed by atoms with E-state index in [1.807, 2.05) is 12.1 Å². The number of nitrogens with one attached hydrogen (secondary N) is 2. The van der Waals surface area contributed by atoms with E-state index in [0.29, 0.717) is 17.5 Å². The summed E-state index contributed by atoms with van der Waals surface area (Å²) in [6.07, 6.45) is 6.30. The molecule has 0 aliphatic heterocycles. The Labute approximate surface area is 128 Å². The Kier molecular flexibility index (Phi) is 5.65. The number of anilines is 1. The van der Waals surface area contributed by atoms with Crippen LogP contribution in [0.4, 0.5) is 5.69 Å². The molecule has 1 aromatic rings. The molecule has 0 spiro atoms. The van der Waals surface area contributed by atoms with Crippen molar-refractivity contribution in [1.29, 1.82) is 0 Å². The van der Waals surface area contributed by atoms with Gasteiger partial charge in [0.1, 0.15) is 0 Å². The normalized spacial score (nSPS) is 23.0. The summed E-state index contributed by atoms with van der Waals surface area (Å²) in [4.78, 5) is 0.325. The summed E-state index contributed by atoms with van der Waals surface area (Å²) in [5, 5.41) is 3.58. The van der Waals surface area contributed by atoms with Crippen molar-refractivity contribution in [3.63, 3.8) is 0 Å². The van der Waals surface area contributed by atoms with E-state index in [2.05, 4.69) is 17.0 Å². The Morgan fingerprint density at radius 3 is 2.38 bits per heavy atom. The number of hydrogen-bond donors (Lipinski definition) is 2. The molecule has 0 amide bonds. The highest BCUT2D eigenvalue weighted by Crippen LogP contribution is 2.29. The van der Waals surface area contributed by atoms with Crippen LogP contribution in [0.15, 0.2) is 29.2 Å². The van der Waals surface area contributed by atoms with Crippen molar-refractivity contribution >= 4 is 15.7 Å². The van der Waals surface area contributed by atoms with Crippen LogP contribution in [0.2, 0.25) is 0 Å². The number of rotatable bonds is 6. The molecule has 0 radical (unpaired) electrons. The second-order valence-corrected chi connectivity index (χ2v) is 7.50. The first kappa shape index (κ1) is 16.3. The fraction of sp³-hybridized carbons (Fsp3) is 0.625. The number of sulfonamides is 1. The quantitative estimate of drug-likeness (QED) is 0.847. The third-order valence-corrected chi connectivity index (χ3v) is 5.85. The monoisotopic (exact) mass is 310 g/mol. The van der Waals surface area contributed by atoms with Crippen LogP contribution in [-0.4, -0.2) is 21.0 Å². The van der Waals surface area contributed by atoms with Crippen LogP contribution in [0, 0.1) is 5.92 Å². The van der Waals surface area contributed by atoms with E-state index in [9.17, 15) is 8.42 Å². The van der Waals surface area contributed by atoms with Gasteiger partial charge in [-0.15, -0.1) is 0 Å². The third-order valence-electron chi connectivity index (χ3n) is 4.28. The highest BCUT2D eigenvalue weighted by molar-refractivity contribution is 7.89. The molecule has 0 saturated heterocycles. The zero-order valence-electron chi connectivity index (χ0n) is 12.9. The van der Waals surface area contributed by atoms with Gasteiger partial charge in [0.2, 0.25) is 10.0 Å². The molecular formula is C16H26N2O2S. The van der Waals surface area contributed by atoms with Crippen molar-refractivity contribution in [3.8, 4) is 0 Å². The van der Waals surface area contributed by atoms with E-state index in [0.717, 1.165) is 11.6 Å². The van der Waals surface area contributed by atoms with E-state index in [4.69, 9.17) is 0 Å². The molecule has 1 aromatic carbocycles. The maximum atomic E-state index is 11.9. The molecule has 4 nitrogen and oxygen atoms in total. The SMILES string of the molecule is CCNS(=O)(=O)c1ccc(NC2CCCCC2CC)cc1. The standard InChI is InChI=1S/C16H26N2O2S/c1-3-13-7-5-6-8-16(13)18-14-9-11-15(12-10-14)21(19,20)17-4-2/h9-13,16-18H,3-8H2,1-2H3. The Hall–Kier alpha value is -1.07. The lowest BCUT2D eigenvalue weighted by molar-refractivity contribution is 0.317. The van der Waals surface area contributed by atoms with Gasteiger partial charge in [-0.25, -0.2) is 13.1 Å². The molecule has 1 fully saturated rings. The predicted octanol–water partition coefficient (Wildman–Crippen LogP) is 3.37. The third kappa shape index (κ3) is 4.20. The van der Waals surface area contributed by atoms with Gasteiger partial charge in [-0.3, -0.25) is 0 Å². The zero-order valence-corrected chi connectivity index (χ0v) is 13.7. The topological polar surface area (TPSA) is 58.2 Å². The van der Waals surface area contributed by atoms with Crippen LogP contribution in [-0.2, 0) is 10.0 Å². The molecule has 0 heterocycles. The molecule has 2 rings (SSSR count). The average molecular weight is 310 g/mol. The van der Waals surface area contributed by atoms with Gasteiger partial charge in [-0.05, 0) is 43.0 Å². The molecule has 0 aromatic heterocycles. The first-order valence-corrected chi connectivity index (χ1v) is 9.41. The summed E-state index contributed by atoms with van der Waals surface area (Å²) in [6, 6.07) is 7.59. The van der Waals surface area contributed by atoms with E-state index in [-0.39, 0.29) is 0 Å². The number of benzene rings is 1. The minimum atomic E-state index is -3.35. The van der Waals surface area contributed by atoms with Crippen molar-refractivity contribution in [2.75, 3.05) is 11.9 Å². The molecule has 2 atom stereocenters. The number of hydrogen-bond acceptors (Lipinski definition) is 3. The summed E-state index contributed by atoms with van der Waals surface area (Å²) in [5.74, 6) is 0.726. The summed E-state index contributed by atoms with van der Waals surface area (Å²) in [6.45, 7) is 4.43. The van der Waals surface area contributed by atoms with Crippen molar-refractivity contribution in [1.82, 2.24) is 4.72 Å². The summed E-state index contributed by atoms with van der Waals surface area (Å²) in [7, 11) is -3.35. The Morgan fingerprint density at radius 2 is 1.76 bits per heavy atom. The Morgan fingerprint density at radius 1 is 1.10 bits per heavy atom. The zero-order chi connectivity index (χ0) is 15.3. The van der Waals surface area contributed by atoms with Gasteiger partial charge in [0.25, 0.3) is 0 Å². The van der Waals surface area contributed by atoms with Crippen LogP contribution < -0.4 is 10.0 Å². The Bertz CT molecular complexity index is 540. The van der Waals surface area contributed by atoms with Gasteiger partial charge in [0.15, 0.2) is 0 Å². The fourth-order valence-corrected chi connectivity index (χ4v) is 4.15. The smallest absolute Gasteiger partial charge is 0.240 e. The first-order chi connectivity index (χ1) is 10.1. The van der Waals surface area contributed by atoms with E-state index >= 15 is 0 Å². The highest BCUT2D eigenvalue weighted by atomic mass is 32.2. The summed E-state index contributed by atoms with van der Waals surface area (Å²) < 4.78 is 26.3. The fourth-order valence-electron chi connectivity index (χ4n) is 3.10. The maximum Gasteiger partial charge on any atom is 0.240 e. The van der Waals surface area contributed by atoms with Gasteiger partial charge >= 0.3 is 0 Å². The van der Waals surface area contributed by atoms with Crippen molar-refractivity contribution < 1.29 is 8.42 Å². The molecule has 21 heavy (non-hydrogen) atoms. The lowest BCUT2D eigenvalue weighted by atomic mass is 9.83. The van der Waals surface area contributed by atoms with Crippen LogP contribution in [0.3, 0.4) is 0 Å². The molecular weight excluding hydrogens is 284 g/mol. The van der Waals surface area contributed by atoms with Gasteiger partial charge in [-0.2, -0.15) is 0 Å². The van der Waals surface area contributed by atoms with E-state index < -0.39 is 10.0 Å². The molecule has 1 aliphatic carbocycles. The second-order valence-electron chi connectivity index (χ2n) is 5.73. The minimum absolute atomic E-state index is 0.325. The van der Waals surface area contributed by atoms with Gasteiger partial charge in [-0.1, -0.05) is 33.1 Å². The van der Waals surface area contributed by atoms with Gasteiger partial charge in [0, 0.05) is 18.3 Å². The molecule has 1 saturated carbocycles. The van der Waals surface area contributed by atoms with Crippen LogP contribution >= 0.6 is 0 Å². The largest absolute Gasteiger partial charge is 0.382 e. The van der Waals surface area contributed by atoms with Gasteiger partial charge < -0.3 is 5.32 Å². The Balaban J connectivity index is 2.05. The van der Waals surface area contributed by atoms with Crippen molar-refractivity contribution in [2.24, 2.45) is 5.92 Å². The van der Waals surface area contributed by atoms with Crippen LogP contribution in [0.25, 0.3) is 0 Å². The summed E-state index contributed by atoms with van der Waals surface area (Å²) in [5.41, 5.74) is 1.01. The van der Waals surface area contributed by atoms with Crippen molar-refractivity contribution in [3.05, 3.63) is 24.3 Å². The molecule has 2 N–H and O–H groups in total. The van der Waals surface area contributed by atoms with E-state index in [1.54, 1.807) is 19.1 Å². The summed E-state index contributed by atoms with van der Waals surface area (Å²) >= 11 is 0. The molecule has 1 aliphatic rings. The predicted molar refractivity (Wildman–Crippen MR) is 87.0 cm³/mol. The second kappa shape index (κ2) is 7.27.